The molecule has 0 bridgehead atoms. The van der Waals surface area contributed by atoms with Gasteiger partial charge in [0.25, 0.3) is 0 Å². The SMILES string of the molecule is Cc1cc(CO)cc(S(=O)(=O)N(CC2CC2)C2CC2)c1C. The molecule has 2 aliphatic carbocycles. The van der Waals surface area contributed by atoms with Crippen LogP contribution < -0.4 is 0 Å². The van der Waals surface area contributed by atoms with Crippen molar-refractivity contribution in [1.29, 1.82) is 0 Å². The van der Waals surface area contributed by atoms with Gasteiger partial charge in [0, 0.05) is 12.6 Å². The Kier molecular flexibility index (Phi) is 3.84. The second-order valence-corrected chi connectivity index (χ2v) is 8.30. The van der Waals surface area contributed by atoms with Gasteiger partial charge in [-0.1, -0.05) is 6.07 Å². The lowest BCUT2D eigenvalue weighted by Gasteiger charge is -2.23. The second kappa shape index (κ2) is 5.38. The summed E-state index contributed by atoms with van der Waals surface area (Å²) in [7, 11) is -3.46. The number of nitrogens with zero attached hydrogens (tertiary/aromatic N) is 1. The first-order chi connectivity index (χ1) is 9.93. The number of hydrogen-bond donors (Lipinski definition) is 1. The highest BCUT2D eigenvalue weighted by molar-refractivity contribution is 7.89. The van der Waals surface area contributed by atoms with Crippen LogP contribution in [0.2, 0.25) is 0 Å². The molecule has 0 unspecified atom stereocenters. The predicted octanol–water partition coefficient (Wildman–Crippen LogP) is 2.36. The van der Waals surface area contributed by atoms with E-state index in [4.69, 9.17) is 0 Å². The van der Waals surface area contributed by atoms with Crippen LogP contribution in [0.1, 0.15) is 42.4 Å². The van der Waals surface area contributed by atoms with E-state index in [1.165, 1.54) is 0 Å². The Bertz CT molecular complexity index is 646. The van der Waals surface area contributed by atoms with Crippen molar-refractivity contribution in [2.45, 2.75) is 57.1 Å². The molecular weight excluding hydrogens is 286 g/mol. The number of rotatable bonds is 6. The zero-order valence-corrected chi connectivity index (χ0v) is 13.5. The van der Waals surface area contributed by atoms with Gasteiger partial charge in [-0.25, -0.2) is 8.42 Å². The van der Waals surface area contributed by atoms with Crippen LogP contribution in [0.3, 0.4) is 0 Å². The van der Waals surface area contributed by atoms with Crippen LogP contribution in [0.25, 0.3) is 0 Å². The molecule has 2 saturated carbocycles. The fourth-order valence-electron chi connectivity index (χ4n) is 2.75. The van der Waals surface area contributed by atoms with E-state index in [0.29, 0.717) is 22.9 Å². The molecule has 116 valence electrons. The van der Waals surface area contributed by atoms with E-state index in [0.717, 1.165) is 36.8 Å². The first kappa shape index (κ1) is 15.0. The van der Waals surface area contributed by atoms with Crippen LogP contribution in [0.15, 0.2) is 17.0 Å². The Balaban J connectivity index is 2.01. The minimum absolute atomic E-state index is 0.129. The molecule has 4 nitrogen and oxygen atoms in total. The molecule has 1 aromatic rings. The summed E-state index contributed by atoms with van der Waals surface area (Å²) in [5, 5.41) is 9.35. The third-order valence-electron chi connectivity index (χ3n) is 4.54. The molecule has 0 amide bonds. The molecule has 0 radical (unpaired) electrons. The minimum Gasteiger partial charge on any atom is -0.392 e. The van der Waals surface area contributed by atoms with Gasteiger partial charge in [-0.05, 0) is 68.2 Å². The average Bonchev–Trinajstić information content (AvgIpc) is 3.31. The molecule has 2 fully saturated rings. The molecule has 0 aromatic heterocycles. The third kappa shape index (κ3) is 3.00. The van der Waals surface area contributed by atoms with Crippen LogP contribution in [-0.2, 0) is 16.6 Å². The van der Waals surface area contributed by atoms with Gasteiger partial charge in [0.05, 0.1) is 11.5 Å². The number of aliphatic hydroxyl groups excluding tert-OH is 1. The summed E-state index contributed by atoms with van der Waals surface area (Å²) in [6.07, 6.45) is 4.24. The number of aryl methyl sites for hydroxylation is 1. The van der Waals surface area contributed by atoms with Crippen molar-refractivity contribution < 1.29 is 13.5 Å². The lowest BCUT2D eigenvalue weighted by molar-refractivity contribution is 0.281. The van der Waals surface area contributed by atoms with Crippen molar-refractivity contribution in [3.63, 3.8) is 0 Å². The number of aliphatic hydroxyl groups is 1. The molecule has 1 aromatic carbocycles. The molecule has 3 rings (SSSR count). The summed E-state index contributed by atoms with van der Waals surface area (Å²) in [6.45, 7) is 4.28. The van der Waals surface area contributed by atoms with Crippen molar-refractivity contribution in [3.05, 3.63) is 28.8 Å². The fourth-order valence-corrected chi connectivity index (χ4v) is 4.86. The molecule has 0 aliphatic heterocycles. The summed E-state index contributed by atoms with van der Waals surface area (Å²) in [5.41, 5.74) is 2.38. The Morgan fingerprint density at radius 1 is 1.19 bits per heavy atom. The molecule has 21 heavy (non-hydrogen) atoms. The van der Waals surface area contributed by atoms with Gasteiger partial charge >= 0.3 is 0 Å². The lowest BCUT2D eigenvalue weighted by atomic mass is 10.1. The van der Waals surface area contributed by atoms with Gasteiger partial charge in [0.2, 0.25) is 10.0 Å². The van der Waals surface area contributed by atoms with Gasteiger partial charge in [-0.2, -0.15) is 4.31 Å². The largest absolute Gasteiger partial charge is 0.392 e. The van der Waals surface area contributed by atoms with Gasteiger partial charge in [0.15, 0.2) is 0 Å². The quantitative estimate of drug-likeness (QED) is 0.877. The lowest BCUT2D eigenvalue weighted by Crippen LogP contribution is -2.35. The van der Waals surface area contributed by atoms with E-state index in [-0.39, 0.29) is 12.6 Å². The van der Waals surface area contributed by atoms with Crippen LogP contribution in [0, 0.1) is 19.8 Å². The fraction of sp³-hybridized carbons (Fsp3) is 0.625. The molecular formula is C16H23NO3S. The summed E-state index contributed by atoms with van der Waals surface area (Å²) >= 11 is 0. The van der Waals surface area contributed by atoms with Crippen molar-refractivity contribution in [1.82, 2.24) is 4.31 Å². The molecule has 1 N–H and O–H groups in total. The Morgan fingerprint density at radius 3 is 2.38 bits per heavy atom. The van der Waals surface area contributed by atoms with Crippen LogP contribution in [-0.4, -0.2) is 30.4 Å². The first-order valence-electron chi connectivity index (χ1n) is 7.66. The normalized spacial score (nSPS) is 19.2. The average molecular weight is 309 g/mol. The van der Waals surface area contributed by atoms with Crippen molar-refractivity contribution in [2.75, 3.05) is 6.54 Å². The van der Waals surface area contributed by atoms with Crippen molar-refractivity contribution in [3.8, 4) is 0 Å². The highest BCUT2D eigenvalue weighted by atomic mass is 32.2. The van der Waals surface area contributed by atoms with Crippen LogP contribution >= 0.6 is 0 Å². The Labute approximate surface area is 126 Å². The van der Waals surface area contributed by atoms with E-state index < -0.39 is 10.0 Å². The van der Waals surface area contributed by atoms with Gasteiger partial charge in [-0.3, -0.25) is 0 Å². The standard InChI is InChI=1S/C16H23NO3S/c1-11-7-14(10-18)8-16(12(11)2)21(19,20)17(15-5-6-15)9-13-3-4-13/h7-8,13,15,18H,3-6,9-10H2,1-2H3. The van der Waals surface area contributed by atoms with E-state index in [9.17, 15) is 13.5 Å². The van der Waals surface area contributed by atoms with Crippen molar-refractivity contribution >= 4 is 10.0 Å². The molecule has 5 heteroatoms. The summed E-state index contributed by atoms with van der Waals surface area (Å²) < 4.78 is 27.8. The number of hydrogen-bond acceptors (Lipinski definition) is 3. The van der Waals surface area contributed by atoms with Crippen molar-refractivity contribution in [2.24, 2.45) is 5.92 Å². The first-order valence-corrected chi connectivity index (χ1v) is 9.10. The van der Waals surface area contributed by atoms with Gasteiger partial charge in [-0.15, -0.1) is 0 Å². The smallest absolute Gasteiger partial charge is 0.243 e. The number of benzene rings is 1. The summed E-state index contributed by atoms with van der Waals surface area (Å²) in [5.74, 6) is 0.544. The third-order valence-corrected chi connectivity index (χ3v) is 6.58. The minimum atomic E-state index is -3.46. The Hall–Kier alpha value is -0.910. The zero-order valence-electron chi connectivity index (χ0n) is 12.7. The maximum atomic E-state index is 13.1. The van der Waals surface area contributed by atoms with Gasteiger partial charge < -0.3 is 5.11 Å². The second-order valence-electron chi connectivity index (χ2n) is 6.44. The molecule has 0 spiro atoms. The monoisotopic (exact) mass is 309 g/mol. The van der Waals surface area contributed by atoms with E-state index >= 15 is 0 Å². The zero-order chi connectivity index (χ0) is 15.2. The maximum Gasteiger partial charge on any atom is 0.243 e. The topological polar surface area (TPSA) is 57.6 Å². The molecule has 0 heterocycles. The van der Waals surface area contributed by atoms with Crippen LogP contribution in [0.4, 0.5) is 0 Å². The summed E-state index contributed by atoms with van der Waals surface area (Å²) in [6, 6.07) is 3.68. The molecule has 0 saturated heterocycles. The molecule has 2 aliphatic rings. The predicted molar refractivity (Wildman–Crippen MR) is 81.5 cm³/mol. The Morgan fingerprint density at radius 2 is 1.86 bits per heavy atom. The van der Waals surface area contributed by atoms with E-state index in [2.05, 4.69) is 0 Å². The van der Waals surface area contributed by atoms with E-state index in [1.54, 1.807) is 10.4 Å². The van der Waals surface area contributed by atoms with Crippen LogP contribution in [0.5, 0.6) is 0 Å². The molecule has 0 atom stereocenters. The highest BCUT2D eigenvalue weighted by Crippen LogP contribution is 2.38. The van der Waals surface area contributed by atoms with Gasteiger partial charge in [0.1, 0.15) is 0 Å². The maximum absolute atomic E-state index is 13.1. The number of sulfonamides is 1. The highest BCUT2D eigenvalue weighted by Gasteiger charge is 2.41. The van der Waals surface area contributed by atoms with E-state index in [1.807, 2.05) is 19.9 Å². The summed E-state index contributed by atoms with van der Waals surface area (Å²) in [4.78, 5) is 0.374.